The molecule has 0 aromatic rings. The third-order valence-electron chi connectivity index (χ3n) is 7.50. The molecule has 3 rings (SSSR count). The van der Waals surface area contributed by atoms with Crippen LogP contribution < -0.4 is 0 Å². The standard InChI is InChI=1S/C15H23NO3S.C6H12B2O3PS/c1-4-5-6-13(17)16-12-9-11-7-8-15(12,14(11,2)3)10-20(16,18)19;1-12(7)10-5-3-6(2-4-9)11-13-8/h4,11-12H,1,5-10H2,2-3H3;4,6,8H,2-3,5H2,1H3/t11?,12?,15-;6-,12?/m10/s1/i;8T. The van der Waals surface area contributed by atoms with Crippen LogP contribution in [0.5, 0.6) is 0 Å². The minimum Gasteiger partial charge on any atom is -0.371 e. The third-order valence-corrected chi connectivity index (χ3v) is 10.4. The fourth-order valence-corrected chi connectivity index (χ4v) is 8.97. The molecule has 5 atom stereocenters. The van der Waals surface area contributed by atoms with Gasteiger partial charge in [-0.25, -0.2) is 12.7 Å². The molecule has 2 aliphatic carbocycles. The lowest BCUT2D eigenvalue weighted by atomic mass is 9.69. The van der Waals surface area contributed by atoms with Gasteiger partial charge < -0.3 is 13.5 Å². The number of hydrogen-bond acceptors (Lipinski definition) is 7. The molecule has 1 heterocycles. The zero-order chi connectivity index (χ0) is 25.6. The molecule has 1 amide bonds. The predicted octanol–water partition coefficient (Wildman–Crippen LogP) is 3.26. The van der Waals surface area contributed by atoms with Crippen LogP contribution in [-0.2, 0) is 28.3 Å². The van der Waals surface area contributed by atoms with Crippen molar-refractivity contribution in [3.8, 4) is 0 Å². The molecule has 33 heavy (non-hydrogen) atoms. The third kappa shape index (κ3) is 6.27. The summed E-state index contributed by atoms with van der Waals surface area (Å²) >= 11 is 0.916. The number of nitrogens with zero attached hydrogens (tertiary/aromatic N) is 1. The molecule has 2 saturated carbocycles. The molecule has 7 nitrogen and oxygen atoms in total. The number of hydrogen-bond donors (Lipinski definition) is 0. The van der Waals surface area contributed by atoms with Crippen LogP contribution in [0.25, 0.3) is 0 Å². The number of fused-ring (bicyclic) bond motifs is 1. The van der Waals surface area contributed by atoms with Crippen molar-refractivity contribution < 1.29 is 26.7 Å². The molecular weight excluding hydrogens is 479 g/mol. The molecule has 0 N–H and O–H groups in total. The van der Waals surface area contributed by atoms with Gasteiger partial charge in [0.05, 0.1) is 24.5 Å². The van der Waals surface area contributed by atoms with Crippen LogP contribution in [-0.4, -0.2) is 72.1 Å². The van der Waals surface area contributed by atoms with Gasteiger partial charge in [-0.1, -0.05) is 31.8 Å². The molecule has 3 radical (unpaired) electrons. The van der Waals surface area contributed by atoms with Crippen molar-refractivity contribution in [2.24, 2.45) is 16.7 Å². The van der Waals surface area contributed by atoms with Crippen LogP contribution in [0.4, 0.5) is 0 Å². The van der Waals surface area contributed by atoms with Gasteiger partial charge in [0, 0.05) is 18.3 Å². The highest BCUT2D eigenvalue weighted by molar-refractivity contribution is 8.15. The lowest BCUT2D eigenvalue weighted by Gasteiger charge is -2.37. The van der Waals surface area contributed by atoms with Crippen molar-refractivity contribution in [2.45, 2.75) is 70.9 Å². The molecule has 1 spiro atoms. The maximum Gasteiger partial charge on any atom is 0.238 e. The smallest absolute Gasteiger partial charge is 0.238 e. The van der Waals surface area contributed by atoms with Crippen LogP contribution in [0.3, 0.4) is 0 Å². The number of allylic oxidation sites excluding steroid dienone is 1. The Kier molecular flexibility index (Phi) is 9.97. The average Bonchev–Trinajstić information content (AvgIpc) is 3.24. The number of aldehydes is 1. The molecule has 2 bridgehead atoms. The van der Waals surface area contributed by atoms with Crippen molar-refractivity contribution in [3.63, 3.8) is 0 Å². The summed E-state index contributed by atoms with van der Waals surface area (Å²) in [7, 11) is 2.23. The second-order valence-corrected chi connectivity index (χ2v) is 13.1. The van der Waals surface area contributed by atoms with E-state index in [9.17, 15) is 18.0 Å². The Labute approximate surface area is 208 Å². The Bertz CT molecular complexity index is 834. The van der Waals surface area contributed by atoms with E-state index in [-0.39, 0.29) is 41.1 Å². The zero-order valence-electron chi connectivity index (χ0n) is 20.8. The van der Waals surface area contributed by atoms with Crippen LogP contribution in [0.1, 0.15) is 58.8 Å². The first kappa shape index (κ1) is 27.3. The van der Waals surface area contributed by atoms with E-state index in [0.717, 1.165) is 44.5 Å². The molecule has 0 aromatic heterocycles. The number of amides is 1. The molecule has 183 valence electrons. The predicted molar refractivity (Wildman–Crippen MR) is 137 cm³/mol. The highest BCUT2D eigenvalue weighted by Crippen LogP contribution is 2.70. The van der Waals surface area contributed by atoms with E-state index in [4.69, 9.17) is 17.6 Å². The molecule has 3 aliphatic rings. The fraction of sp³-hybridized carbons (Fsp3) is 0.810. The van der Waals surface area contributed by atoms with Crippen molar-refractivity contribution in [2.75, 3.05) is 19.0 Å². The van der Waals surface area contributed by atoms with E-state index in [0.29, 0.717) is 31.8 Å². The van der Waals surface area contributed by atoms with Crippen molar-refractivity contribution in [3.05, 3.63) is 12.7 Å². The lowest BCUT2D eigenvalue weighted by Crippen LogP contribution is -2.44. The lowest BCUT2D eigenvalue weighted by molar-refractivity contribution is -0.129. The number of rotatable bonds is 12. The van der Waals surface area contributed by atoms with Gasteiger partial charge in [-0.15, -0.1) is 6.58 Å². The number of sulfonamides is 1. The minimum absolute atomic E-state index is 0.0260. The van der Waals surface area contributed by atoms with Crippen molar-refractivity contribution in [1.82, 2.24) is 4.31 Å². The first-order chi connectivity index (χ1) is 16.0. The Morgan fingerprint density at radius 3 is 2.82 bits per heavy atom. The van der Waals surface area contributed by atoms with Crippen molar-refractivity contribution >= 4 is 56.8 Å². The highest BCUT2D eigenvalue weighted by Gasteiger charge is 2.72. The maximum absolute atomic E-state index is 12.5. The molecule has 12 heteroatoms. The Balaban J connectivity index is 0.000000259. The van der Waals surface area contributed by atoms with Gasteiger partial charge in [0.15, 0.2) is 0 Å². The molecule has 1 aliphatic heterocycles. The van der Waals surface area contributed by atoms with Gasteiger partial charge in [-0.2, -0.15) is 0 Å². The van der Waals surface area contributed by atoms with Crippen LogP contribution in [0.2, 0.25) is 0 Å². The van der Waals surface area contributed by atoms with E-state index < -0.39 is 18.1 Å². The first-order valence-corrected chi connectivity index (χ1v) is 15.4. The van der Waals surface area contributed by atoms with Crippen LogP contribution in [0.15, 0.2) is 12.7 Å². The topological polar surface area (TPSA) is 90.0 Å². The van der Waals surface area contributed by atoms with Crippen molar-refractivity contribution in [1.29, 1.82) is 1.34 Å². The monoisotopic (exact) mass is 516 g/mol. The normalized spacial score (nSPS) is 30.4. The van der Waals surface area contributed by atoms with Gasteiger partial charge in [-0.3, -0.25) is 4.79 Å². The van der Waals surface area contributed by atoms with Gasteiger partial charge in [-0.05, 0) is 59.5 Å². The van der Waals surface area contributed by atoms with E-state index in [1.165, 1.54) is 4.31 Å². The quantitative estimate of drug-likeness (QED) is 0.129. The Morgan fingerprint density at radius 1 is 1.52 bits per heavy atom. The summed E-state index contributed by atoms with van der Waals surface area (Å²) in [5, 5.41) is 0. The summed E-state index contributed by atoms with van der Waals surface area (Å²) in [6.45, 7) is 10.3. The highest BCUT2D eigenvalue weighted by atomic mass is 32.2. The molecule has 3 fully saturated rings. The Hall–Kier alpha value is -0.340. The van der Waals surface area contributed by atoms with Crippen LogP contribution in [0, 0.1) is 16.7 Å². The fourth-order valence-electron chi connectivity index (χ4n) is 5.67. The summed E-state index contributed by atoms with van der Waals surface area (Å²) in [6.07, 6.45) is 6.89. The molecule has 3 unspecified atom stereocenters. The Morgan fingerprint density at radius 2 is 2.24 bits per heavy atom. The first-order valence-electron chi connectivity index (χ1n) is 11.8. The van der Waals surface area contributed by atoms with Gasteiger partial charge in [0.25, 0.3) is 0 Å². The molecule has 0 aromatic carbocycles. The summed E-state index contributed by atoms with van der Waals surface area (Å²) in [6, 6.07) is -0.0986. The van der Waals surface area contributed by atoms with Gasteiger partial charge in [0.2, 0.25) is 23.0 Å². The number of carbonyl (C=O) groups excluding carboxylic acids is 2. The SMILES string of the molecule is C=CCCC(=O)N1C2CC3CC[C@]2(CS1(=O)=O)C3(C)C.[3H][B]SO[C@@H](CC=O)CCOP([B])C. The van der Waals surface area contributed by atoms with Crippen LogP contribution >= 0.6 is 19.9 Å². The summed E-state index contributed by atoms with van der Waals surface area (Å²) in [5.74, 6) is 0.474. The summed E-state index contributed by atoms with van der Waals surface area (Å²) < 4.78 is 43.4. The molecular formula is C21H35B2NO6PS2. The van der Waals surface area contributed by atoms with E-state index >= 15 is 0 Å². The maximum atomic E-state index is 12.5. The van der Waals surface area contributed by atoms with E-state index in [1.54, 1.807) is 12.7 Å². The molecule has 1 saturated heterocycles. The summed E-state index contributed by atoms with van der Waals surface area (Å²) in [5.41, 5.74) is -0.182. The second kappa shape index (κ2) is 12.1. The largest absolute Gasteiger partial charge is 0.371 e. The van der Waals surface area contributed by atoms with E-state index in [1.807, 2.05) is 0 Å². The van der Waals surface area contributed by atoms with E-state index in [2.05, 4.69) is 20.4 Å². The minimum atomic E-state index is -3.44. The zero-order valence-corrected chi connectivity index (χ0v) is 22.3. The van der Waals surface area contributed by atoms with Gasteiger partial charge in [0.1, 0.15) is 13.9 Å². The summed E-state index contributed by atoms with van der Waals surface area (Å²) in [4.78, 5) is 22.6. The second-order valence-electron chi connectivity index (χ2n) is 9.52. The van der Waals surface area contributed by atoms with Gasteiger partial charge >= 0.3 is 0 Å². The average molecular weight is 516 g/mol. The number of carbonyl (C=O) groups is 2.